The lowest BCUT2D eigenvalue weighted by molar-refractivity contribution is -0.122. The molecule has 1 saturated heterocycles. The van der Waals surface area contributed by atoms with Crippen LogP contribution in [0.1, 0.15) is 12.0 Å². The molecule has 1 fully saturated rings. The predicted octanol–water partition coefficient (Wildman–Crippen LogP) is 0.920. The molecule has 2 N–H and O–H groups in total. The average Bonchev–Trinajstić information content (AvgIpc) is 2.39. The molecule has 0 spiro atoms. The number of morpholine rings is 1. The van der Waals surface area contributed by atoms with Gasteiger partial charge in [-0.25, -0.2) is 0 Å². The van der Waals surface area contributed by atoms with Gasteiger partial charge < -0.3 is 15.4 Å². The van der Waals surface area contributed by atoms with Crippen molar-refractivity contribution in [3.05, 3.63) is 30.1 Å². The second-order valence-corrected chi connectivity index (χ2v) is 4.07. The topological polar surface area (TPSA) is 63.2 Å². The summed E-state index contributed by atoms with van der Waals surface area (Å²) in [6.07, 6.45) is 3.93. The van der Waals surface area contributed by atoms with Crippen molar-refractivity contribution in [1.29, 1.82) is 0 Å². The Morgan fingerprint density at radius 1 is 1.53 bits per heavy atom. The summed E-state index contributed by atoms with van der Waals surface area (Å²) in [5, 5.41) is 6.12. The van der Waals surface area contributed by atoms with Crippen LogP contribution in [-0.2, 0) is 16.1 Å². The molecule has 1 amide bonds. The molecule has 1 unspecified atom stereocenters. The van der Waals surface area contributed by atoms with Crippen molar-refractivity contribution in [3.8, 4) is 0 Å². The second kappa shape index (κ2) is 9.97. The molecule has 1 aromatic rings. The van der Waals surface area contributed by atoms with Crippen LogP contribution in [0.4, 0.5) is 0 Å². The third-order valence-corrected chi connectivity index (χ3v) is 2.64. The van der Waals surface area contributed by atoms with E-state index in [4.69, 9.17) is 4.74 Å². The molecule has 1 aliphatic heterocycles. The van der Waals surface area contributed by atoms with E-state index in [1.807, 2.05) is 12.1 Å². The van der Waals surface area contributed by atoms with Gasteiger partial charge in [0, 0.05) is 37.9 Å². The Bertz CT molecular complexity index is 359. The van der Waals surface area contributed by atoms with Crippen LogP contribution >= 0.6 is 24.8 Å². The third kappa shape index (κ3) is 6.73. The summed E-state index contributed by atoms with van der Waals surface area (Å²) in [7, 11) is 0. The molecule has 0 bridgehead atoms. The minimum atomic E-state index is 0. The first-order valence-electron chi connectivity index (χ1n) is 5.81. The van der Waals surface area contributed by atoms with E-state index in [2.05, 4.69) is 15.6 Å². The Hall–Kier alpha value is -0.880. The summed E-state index contributed by atoms with van der Waals surface area (Å²) in [5.41, 5.74) is 1.01. The Morgan fingerprint density at radius 3 is 3.00 bits per heavy atom. The number of carbonyl (C=O) groups is 1. The number of amides is 1. The van der Waals surface area contributed by atoms with Crippen LogP contribution in [0.2, 0.25) is 0 Å². The monoisotopic (exact) mass is 307 g/mol. The van der Waals surface area contributed by atoms with Crippen molar-refractivity contribution in [1.82, 2.24) is 15.6 Å². The van der Waals surface area contributed by atoms with Gasteiger partial charge in [-0.2, -0.15) is 0 Å². The molecule has 108 valence electrons. The number of ether oxygens (including phenoxy) is 1. The zero-order valence-electron chi connectivity index (χ0n) is 10.5. The fourth-order valence-corrected chi connectivity index (χ4v) is 1.75. The van der Waals surface area contributed by atoms with E-state index in [9.17, 15) is 4.79 Å². The highest BCUT2D eigenvalue weighted by molar-refractivity contribution is 5.85. The van der Waals surface area contributed by atoms with Crippen molar-refractivity contribution >= 4 is 30.7 Å². The van der Waals surface area contributed by atoms with Crippen molar-refractivity contribution in [2.75, 3.05) is 19.8 Å². The van der Waals surface area contributed by atoms with Gasteiger partial charge in [-0.05, 0) is 11.6 Å². The fraction of sp³-hybridized carbons (Fsp3) is 0.500. The van der Waals surface area contributed by atoms with E-state index in [1.165, 1.54) is 0 Å². The summed E-state index contributed by atoms with van der Waals surface area (Å²) in [5.74, 6) is 0.0388. The molecule has 2 heterocycles. The fourth-order valence-electron chi connectivity index (χ4n) is 1.75. The molecule has 1 aliphatic rings. The van der Waals surface area contributed by atoms with E-state index >= 15 is 0 Å². The van der Waals surface area contributed by atoms with Crippen molar-refractivity contribution < 1.29 is 9.53 Å². The standard InChI is InChI=1S/C12H17N3O2.2ClH/c16-12(6-11-9-17-5-4-14-11)15-8-10-2-1-3-13-7-10;;/h1-3,7,11,14H,4-6,8-9H2,(H,15,16);2*1H. The number of pyridine rings is 1. The lowest BCUT2D eigenvalue weighted by Crippen LogP contribution is -2.44. The SMILES string of the molecule is Cl.Cl.O=C(CC1COCCN1)NCc1cccnc1. The first kappa shape index (κ1) is 18.1. The van der Waals surface area contributed by atoms with Crippen LogP contribution in [0, 0.1) is 0 Å². The molecule has 2 rings (SSSR count). The van der Waals surface area contributed by atoms with Gasteiger partial charge in [0.15, 0.2) is 0 Å². The number of halogens is 2. The molecular weight excluding hydrogens is 289 g/mol. The van der Waals surface area contributed by atoms with Gasteiger partial charge >= 0.3 is 0 Å². The zero-order chi connectivity index (χ0) is 11.9. The van der Waals surface area contributed by atoms with E-state index in [1.54, 1.807) is 12.4 Å². The predicted molar refractivity (Wildman–Crippen MR) is 77.8 cm³/mol. The molecular formula is C12H19Cl2N3O2. The van der Waals surface area contributed by atoms with Gasteiger partial charge in [0.2, 0.25) is 5.91 Å². The van der Waals surface area contributed by atoms with Gasteiger partial charge in [-0.3, -0.25) is 9.78 Å². The van der Waals surface area contributed by atoms with Gasteiger partial charge in [-0.15, -0.1) is 24.8 Å². The number of carbonyl (C=O) groups excluding carboxylic acids is 1. The largest absolute Gasteiger partial charge is 0.378 e. The highest BCUT2D eigenvalue weighted by Gasteiger charge is 2.16. The minimum Gasteiger partial charge on any atom is -0.378 e. The number of nitrogens with one attached hydrogen (secondary N) is 2. The highest BCUT2D eigenvalue weighted by Crippen LogP contribution is 1.99. The minimum absolute atomic E-state index is 0. The van der Waals surface area contributed by atoms with Crippen molar-refractivity contribution in [2.24, 2.45) is 0 Å². The summed E-state index contributed by atoms with van der Waals surface area (Å²) >= 11 is 0. The van der Waals surface area contributed by atoms with Crippen LogP contribution < -0.4 is 10.6 Å². The van der Waals surface area contributed by atoms with E-state index in [0.717, 1.165) is 18.7 Å². The number of rotatable bonds is 4. The summed E-state index contributed by atoms with van der Waals surface area (Å²) in [4.78, 5) is 15.7. The Balaban J connectivity index is 0.00000162. The molecule has 0 saturated carbocycles. The molecule has 19 heavy (non-hydrogen) atoms. The van der Waals surface area contributed by atoms with Crippen LogP contribution in [0.15, 0.2) is 24.5 Å². The van der Waals surface area contributed by atoms with E-state index in [-0.39, 0.29) is 36.8 Å². The molecule has 7 heteroatoms. The van der Waals surface area contributed by atoms with Crippen LogP contribution in [0.5, 0.6) is 0 Å². The summed E-state index contributed by atoms with van der Waals surface area (Å²) in [6, 6.07) is 3.94. The summed E-state index contributed by atoms with van der Waals surface area (Å²) < 4.78 is 5.29. The maximum absolute atomic E-state index is 11.7. The van der Waals surface area contributed by atoms with Crippen LogP contribution in [0.25, 0.3) is 0 Å². The molecule has 1 aromatic heterocycles. The first-order chi connectivity index (χ1) is 8.34. The second-order valence-electron chi connectivity index (χ2n) is 4.07. The number of hydrogen-bond donors (Lipinski definition) is 2. The maximum atomic E-state index is 11.7. The number of hydrogen-bond acceptors (Lipinski definition) is 4. The smallest absolute Gasteiger partial charge is 0.221 e. The highest BCUT2D eigenvalue weighted by atomic mass is 35.5. The van der Waals surface area contributed by atoms with E-state index < -0.39 is 0 Å². The number of nitrogens with zero attached hydrogens (tertiary/aromatic N) is 1. The number of aromatic nitrogens is 1. The molecule has 0 radical (unpaired) electrons. The normalized spacial score (nSPS) is 17.8. The molecule has 5 nitrogen and oxygen atoms in total. The van der Waals surface area contributed by atoms with Crippen molar-refractivity contribution in [3.63, 3.8) is 0 Å². The molecule has 1 atom stereocenters. The lowest BCUT2D eigenvalue weighted by atomic mass is 10.2. The van der Waals surface area contributed by atoms with Gasteiger partial charge in [0.1, 0.15) is 0 Å². The van der Waals surface area contributed by atoms with Crippen LogP contribution in [0.3, 0.4) is 0 Å². The first-order valence-corrected chi connectivity index (χ1v) is 5.81. The summed E-state index contributed by atoms with van der Waals surface area (Å²) in [6.45, 7) is 2.69. The average molecular weight is 308 g/mol. The van der Waals surface area contributed by atoms with Crippen LogP contribution in [-0.4, -0.2) is 36.7 Å². The van der Waals surface area contributed by atoms with E-state index in [0.29, 0.717) is 19.6 Å². The Labute approximate surface area is 125 Å². The van der Waals surface area contributed by atoms with Crippen molar-refractivity contribution in [2.45, 2.75) is 19.0 Å². The maximum Gasteiger partial charge on any atom is 0.221 e. The van der Waals surface area contributed by atoms with Gasteiger partial charge in [0.25, 0.3) is 0 Å². The van der Waals surface area contributed by atoms with Gasteiger partial charge in [-0.1, -0.05) is 6.07 Å². The quantitative estimate of drug-likeness (QED) is 0.868. The van der Waals surface area contributed by atoms with Gasteiger partial charge in [0.05, 0.1) is 13.2 Å². The Kier molecular flexibility index (Phi) is 9.51. The third-order valence-electron chi connectivity index (χ3n) is 2.64. The Morgan fingerprint density at radius 2 is 2.37 bits per heavy atom. The molecule has 0 aliphatic carbocycles. The zero-order valence-corrected chi connectivity index (χ0v) is 12.1. The molecule has 0 aromatic carbocycles. The lowest BCUT2D eigenvalue weighted by Gasteiger charge is -2.23.